The Labute approximate surface area is 154 Å². The van der Waals surface area contributed by atoms with Crippen molar-refractivity contribution < 1.29 is 14.6 Å². The van der Waals surface area contributed by atoms with Crippen LogP contribution in [0.4, 0.5) is 10.5 Å². The van der Waals surface area contributed by atoms with E-state index in [1.165, 1.54) is 5.57 Å². The molecule has 0 saturated carbocycles. The lowest BCUT2D eigenvalue weighted by atomic mass is 10.2. The first-order chi connectivity index (χ1) is 12.5. The molecule has 138 valence electrons. The number of anilines is 1. The molecule has 5 heteroatoms. The van der Waals surface area contributed by atoms with E-state index >= 15 is 0 Å². The number of nitrogens with zero attached hydrogens (tertiary/aromatic N) is 1. The molecule has 0 unspecified atom stereocenters. The van der Waals surface area contributed by atoms with Crippen LogP contribution in [0.1, 0.15) is 19.4 Å². The summed E-state index contributed by atoms with van der Waals surface area (Å²) in [7, 11) is 0. The van der Waals surface area contributed by atoms with Crippen LogP contribution in [-0.4, -0.2) is 30.8 Å². The summed E-state index contributed by atoms with van der Waals surface area (Å²) in [5, 5.41) is 11.2. The van der Waals surface area contributed by atoms with Crippen molar-refractivity contribution in [3.8, 4) is 5.75 Å². The first kappa shape index (κ1) is 19.4. The van der Waals surface area contributed by atoms with Gasteiger partial charge in [0.1, 0.15) is 12.4 Å². The van der Waals surface area contributed by atoms with Gasteiger partial charge >= 0.3 is 6.09 Å². The summed E-state index contributed by atoms with van der Waals surface area (Å²) in [6, 6.07) is 17.9. The number of ether oxygens (including phenoxy) is 1. The van der Waals surface area contributed by atoms with Crippen LogP contribution in [0.3, 0.4) is 0 Å². The number of allylic oxidation sites excluding steroid dienone is 1. The van der Waals surface area contributed by atoms with E-state index in [0.717, 1.165) is 23.5 Å². The van der Waals surface area contributed by atoms with Gasteiger partial charge in [-0.25, -0.2) is 4.79 Å². The molecule has 2 aromatic rings. The molecular weight excluding hydrogens is 328 g/mol. The van der Waals surface area contributed by atoms with Gasteiger partial charge in [0.25, 0.3) is 0 Å². The highest BCUT2D eigenvalue weighted by molar-refractivity contribution is 5.64. The van der Waals surface area contributed by atoms with Crippen LogP contribution in [-0.2, 0) is 6.61 Å². The Hall–Kier alpha value is -2.95. The topological polar surface area (TPSA) is 61.8 Å². The van der Waals surface area contributed by atoms with Crippen molar-refractivity contribution in [2.75, 3.05) is 24.5 Å². The SMILES string of the molecule is CC(C)=CCN(CCNC(=O)O)c1ccc(OCc2ccccc2)cc1. The Morgan fingerprint density at radius 3 is 2.42 bits per heavy atom. The van der Waals surface area contributed by atoms with Crippen molar-refractivity contribution in [2.24, 2.45) is 0 Å². The molecule has 5 nitrogen and oxygen atoms in total. The predicted molar refractivity (Wildman–Crippen MR) is 105 cm³/mol. The molecule has 0 bridgehead atoms. The largest absolute Gasteiger partial charge is 0.489 e. The molecule has 0 atom stereocenters. The summed E-state index contributed by atoms with van der Waals surface area (Å²) in [5.41, 5.74) is 3.38. The zero-order chi connectivity index (χ0) is 18.8. The van der Waals surface area contributed by atoms with Crippen LogP contribution >= 0.6 is 0 Å². The maximum atomic E-state index is 10.7. The van der Waals surface area contributed by atoms with Gasteiger partial charge in [0.2, 0.25) is 0 Å². The van der Waals surface area contributed by atoms with Crippen LogP contribution in [0.25, 0.3) is 0 Å². The van der Waals surface area contributed by atoms with E-state index in [1.54, 1.807) is 0 Å². The highest BCUT2D eigenvalue weighted by Crippen LogP contribution is 2.20. The number of amides is 1. The Morgan fingerprint density at radius 2 is 1.81 bits per heavy atom. The van der Waals surface area contributed by atoms with E-state index in [4.69, 9.17) is 9.84 Å². The van der Waals surface area contributed by atoms with Crippen molar-refractivity contribution >= 4 is 11.8 Å². The first-order valence-electron chi connectivity index (χ1n) is 8.66. The smallest absolute Gasteiger partial charge is 0.404 e. The molecule has 2 aromatic carbocycles. The van der Waals surface area contributed by atoms with Gasteiger partial charge in [0.05, 0.1) is 0 Å². The van der Waals surface area contributed by atoms with Gasteiger partial charge in [-0.1, -0.05) is 42.0 Å². The lowest BCUT2D eigenvalue weighted by molar-refractivity contribution is 0.195. The number of hydrogen-bond acceptors (Lipinski definition) is 3. The van der Waals surface area contributed by atoms with Gasteiger partial charge in [-0.05, 0) is 43.7 Å². The van der Waals surface area contributed by atoms with Gasteiger partial charge in [0.15, 0.2) is 0 Å². The number of hydrogen-bond donors (Lipinski definition) is 2. The lowest BCUT2D eigenvalue weighted by Crippen LogP contribution is -2.34. The fraction of sp³-hybridized carbons (Fsp3) is 0.286. The molecule has 2 N–H and O–H groups in total. The maximum Gasteiger partial charge on any atom is 0.404 e. The molecule has 2 rings (SSSR count). The standard InChI is InChI=1S/C21H26N2O3/c1-17(2)12-14-23(15-13-22-21(24)25)19-8-10-20(11-9-19)26-16-18-6-4-3-5-7-18/h3-12,22H,13-16H2,1-2H3,(H,24,25). The van der Waals surface area contributed by atoms with E-state index in [1.807, 2.05) is 68.4 Å². The minimum atomic E-state index is -1.00. The molecule has 0 spiro atoms. The zero-order valence-electron chi connectivity index (χ0n) is 15.3. The maximum absolute atomic E-state index is 10.7. The Balaban J connectivity index is 1.98. The number of nitrogens with one attached hydrogen (secondary N) is 1. The molecule has 0 aromatic heterocycles. The summed E-state index contributed by atoms with van der Waals surface area (Å²) >= 11 is 0. The second-order valence-electron chi connectivity index (χ2n) is 6.23. The lowest BCUT2D eigenvalue weighted by Gasteiger charge is -2.24. The van der Waals surface area contributed by atoms with E-state index in [9.17, 15) is 4.79 Å². The Bertz CT molecular complexity index is 708. The van der Waals surface area contributed by atoms with Gasteiger partial charge in [-0.2, -0.15) is 0 Å². The minimum Gasteiger partial charge on any atom is -0.489 e. The number of carboxylic acid groups (broad SMARTS) is 1. The van der Waals surface area contributed by atoms with Crippen LogP contribution in [0.15, 0.2) is 66.2 Å². The molecular formula is C21H26N2O3. The summed E-state index contributed by atoms with van der Waals surface area (Å²) < 4.78 is 5.82. The van der Waals surface area contributed by atoms with Crippen molar-refractivity contribution in [2.45, 2.75) is 20.5 Å². The van der Waals surface area contributed by atoms with Crippen LogP contribution in [0.2, 0.25) is 0 Å². The van der Waals surface area contributed by atoms with Crippen molar-refractivity contribution in [1.82, 2.24) is 5.32 Å². The van der Waals surface area contributed by atoms with Crippen molar-refractivity contribution in [3.05, 3.63) is 71.8 Å². The molecule has 0 fully saturated rings. The van der Waals surface area contributed by atoms with E-state index in [-0.39, 0.29) is 0 Å². The van der Waals surface area contributed by atoms with Crippen molar-refractivity contribution in [3.63, 3.8) is 0 Å². The van der Waals surface area contributed by atoms with E-state index in [2.05, 4.69) is 16.3 Å². The van der Waals surface area contributed by atoms with Crippen LogP contribution < -0.4 is 15.0 Å². The summed E-state index contributed by atoms with van der Waals surface area (Å²) in [6.45, 7) is 6.33. The minimum absolute atomic E-state index is 0.373. The molecule has 0 aliphatic carbocycles. The summed E-state index contributed by atoms with van der Waals surface area (Å²) in [6.07, 6.45) is 1.12. The highest BCUT2D eigenvalue weighted by Gasteiger charge is 2.06. The normalized spacial score (nSPS) is 10.1. The molecule has 26 heavy (non-hydrogen) atoms. The molecule has 0 aliphatic rings. The average molecular weight is 354 g/mol. The second-order valence-corrected chi connectivity index (χ2v) is 6.23. The van der Waals surface area contributed by atoms with Gasteiger partial charge in [0, 0.05) is 25.3 Å². The third-order valence-electron chi connectivity index (χ3n) is 3.83. The van der Waals surface area contributed by atoms with Gasteiger partial charge in [-0.3, -0.25) is 0 Å². The second kappa shape index (κ2) is 10.1. The van der Waals surface area contributed by atoms with Crippen molar-refractivity contribution in [1.29, 1.82) is 0 Å². The number of rotatable bonds is 9. The van der Waals surface area contributed by atoms with E-state index < -0.39 is 6.09 Å². The fourth-order valence-corrected chi connectivity index (χ4v) is 2.41. The highest BCUT2D eigenvalue weighted by atomic mass is 16.5. The van der Waals surface area contributed by atoms with Gasteiger partial charge in [-0.15, -0.1) is 0 Å². The molecule has 0 radical (unpaired) electrons. The fourth-order valence-electron chi connectivity index (χ4n) is 2.41. The summed E-state index contributed by atoms with van der Waals surface area (Å²) in [4.78, 5) is 12.8. The van der Waals surface area contributed by atoms with Crippen LogP contribution in [0.5, 0.6) is 5.75 Å². The molecule has 0 aliphatic heterocycles. The Morgan fingerprint density at radius 1 is 1.12 bits per heavy atom. The molecule has 0 saturated heterocycles. The Kier molecular flexibility index (Phi) is 7.55. The average Bonchev–Trinajstić information content (AvgIpc) is 2.64. The molecule has 1 amide bonds. The molecule has 0 heterocycles. The number of carbonyl (C=O) groups is 1. The zero-order valence-corrected chi connectivity index (χ0v) is 15.3. The number of benzene rings is 2. The van der Waals surface area contributed by atoms with Crippen LogP contribution in [0, 0.1) is 0 Å². The summed E-state index contributed by atoms with van der Waals surface area (Å²) in [5.74, 6) is 0.809. The van der Waals surface area contributed by atoms with E-state index in [0.29, 0.717) is 19.7 Å². The first-order valence-corrected chi connectivity index (χ1v) is 8.66. The third-order valence-corrected chi connectivity index (χ3v) is 3.83. The third kappa shape index (κ3) is 6.89. The predicted octanol–water partition coefficient (Wildman–Crippen LogP) is 4.31. The van der Waals surface area contributed by atoms with Gasteiger partial charge < -0.3 is 20.1 Å². The quantitative estimate of drug-likeness (QED) is 0.659. The monoisotopic (exact) mass is 354 g/mol.